The summed E-state index contributed by atoms with van der Waals surface area (Å²) >= 11 is 0. The second-order valence-corrected chi connectivity index (χ2v) is 4.15. The van der Waals surface area contributed by atoms with Crippen LogP contribution in [-0.2, 0) is 4.79 Å². The highest BCUT2D eigenvalue weighted by atomic mass is 16.5. The Balaban J connectivity index is 1.95. The maximum absolute atomic E-state index is 11.7. The SMILES string of the molecule is COc1cccc(NC(=O)C2CC(N)C2)c1. The first-order valence-corrected chi connectivity index (χ1v) is 5.39. The molecule has 1 saturated carbocycles. The van der Waals surface area contributed by atoms with Crippen molar-refractivity contribution in [3.8, 4) is 5.75 Å². The van der Waals surface area contributed by atoms with Crippen molar-refractivity contribution >= 4 is 11.6 Å². The molecule has 0 spiro atoms. The first kappa shape index (κ1) is 11.0. The number of ether oxygens (including phenoxy) is 1. The normalized spacial score (nSPS) is 23.4. The van der Waals surface area contributed by atoms with E-state index in [0.29, 0.717) is 0 Å². The predicted molar refractivity (Wildman–Crippen MR) is 62.3 cm³/mol. The minimum Gasteiger partial charge on any atom is -0.497 e. The first-order chi connectivity index (χ1) is 7.69. The average molecular weight is 220 g/mol. The van der Waals surface area contributed by atoms with Crippen LogP contribution in [-0.4, -0.2) is 19.1 Å². The van der Waals surface area contributed by atoms with Crippen LogP contribution in [0.15, 0.2) is 24.3 Å². The lowest BCUT2D eigenvalue weighted by molar-refractivity contribution is -0.122. The van der Waals surface area contributed by atoms with Gasteiger partial charge < -0.3 is 15.8 Å². The molecule has 1 aliphatic rings. The highest BCUT2D eigenvalue weighted by Gasteiger charge is 2.31. The van der Waals surface area contributed by atoms with Crippen molar-refractivity contribution in [1.29, 1.82) is 0 Å². The van der Waals surface area contributed by atoms with E-state index in [4.69, 9.17) is 10.5 Å². The van der Waals surface area contributed by atoms with Crippen molar-refractivity contribution in [1.82, 2.24) is 0 Å². The van der Waals surface area contributed by atoms with Crippen LogP contribution in [0.5, 0.6) is 5.75 Å². The largest absolute Gasteiger partial charge is 0.497 e. The predicted octanol–water partition coefficient (Wildman–Crippen LogP) is 1.37. The Kier molecular flexibility index (Phi) is 3.10. The number of methoxy groups -OCH3 is 1. The van der Waals surface area contributed by atoms with Crippen molar-refractivity contribution < 1.29 is 9.53 Å². The summed E-state index contributed by atoms with van der Waals surface area (Å²) in [5.41, 5.74) is 6.41. The van der Waals surface area contributed by atoms with Crippen LogP contribution < -0.4 is 15.8 Å². The summed E-state index contributed by atoms with van der Waals surface area (Å²) in [5.74, 6) is 0.860. The monoisotopic (exact) mass is 220 g/mol. The Morgan fingerprint density at radius 3 is 2.88 bits per heavy atom. The van der Waals surface area contributed by atoms with Crippen LogP contribution in [0.3, 0.4) is 0 Å². The molecule has 1 amide bonds. The van der Waals surface area contributed by atoms with Crippen molar-refractivity contribution in [3.05, 3.63) is 24.3 Å². The summed E-state index contributed by atoms with van der Waals surface area (Å²) in [6.45, 7) is 0. The summed E-state index contributed by atoms with van der Waals surface area (Å²) < 4.78 is 5.08. The van der Waals surface area contributed by atoms with E-state index in [-0.39, 0.29) is 17.9 Å². The summed E-state index contributed by atoms with van der Waals surface area (Å²) in [4.78, 5) is 11.7. The highest BCUT2D eigenvalue weighted by molar-refractivity contribution is 5.93. The van der Waals surface area contributed by atoms with Crippen LogP contribution in [0.25, 0.3) is 0 Å². The molecular weight excluding hydrogens is 204 g/mol. The molecule has 0 radical (unpaired) electrons. The number of anilines is 1. The zero-order valence-corrected chi connectivity index (χ0v) is 9.27. The molecule has 2 rings (SSSR count). The third-order valence-electron chi connectivity index (χ3n) is 2.88. The van der Waals surface area contributed by atoms with Gasteiger partial charge in [0.2, 0.25) is 5.91 Å². The number of benzene rings is 1. The third-order valence-corrected chi connectivity index (χ3v) is 2.88. The Morgan fingerprint density at radius 1 is 1.50 bits per heavy atom. The van der Waals surface area contributed by atoms with Gasteiger partial charge in [-0.05, 0) is 25.0 Å². The van der Waals surface area contributed by atoms with Gasteiger partial charge >= 0.3 is 0 Å². The van der Waals surface area contributed by atoms with Gasteiger partial charge in [0.25, 0.3) is 0 Å². The lowest BCUT2D eigenvalue weighted by Gasteiger charge is -2.31. The first-order valence-electron chi connectivity index (χ1n) is 5.39. The Hall–Kier alpha value is -1.55. The molecule has 0 saturated heterocycles. The molecule has 1 fully saturated rings. The second-order valence-electron chi connectivity index (χ2n) is 4.15. The molecule has 0 bridgehead atoms. The minimum absolute atomic E-state index is 0.0509. The van der Waals surface area contributed by atoms with E-state index in [1.54, 1.807) is 13.2 Å². The number of carbonyl (C=O) groups excluding carboxylic acids is 1. The molecule has 0 unspecified atom stereocenters. The molecule has 86 valence electrons. The number of hydrogen-bond donors (Lipinski definition) is 2. The fourth-order valence-corrected chi connectivity index (χ4v) is 1.82. The zero-order valence-electron chi connectivity index (χ0n) is 9.27. The summed E-state index contributed by atoms with van der Waals surface area (Å²) in [6, 6.07) is 7.53. The summed E-state index contributed by atoms with van der Waals surface area (Å²) in [7, 11) is 1.60. The lowest BCUT2D eigenvalue weighted by Crippen LogP contribution is -2.42. The zero-order chi connectivity index (χ0) is 11.5. The van der Waals surface area contributed by atoms with E-state index in [2.05, 4.69) is 5.32 Å². The van der Waals surface area contributed by atoms with E-state index in [1.165, 1.54) is 0 Å². The number of carbonyl (C=O) groups is 1. The standard InChI is InChI=1S/C12H16N2O2/c1-16-11-4-2-3-10(7-11)14-12(15)8-5-9(13)6-8/h2-4,7-9H,5-6,13H2,1H3,(H,14,15). The van der Waals surface area contributed by atoms with Gasteiger partial charge in [-0.15, -0.1) is 0 Å². The van der Waals surface area contributed by atoms with Gasteiger partial charge in [-0.25, -0.2) is 0 Å². The van der Waals surface area contributed by atoms with Crippen LogP contribution in [0.1, 0.15) is 12.8 Å². The van der Waals surface area contributed by atoms with E-state index in [9.17, 15) is 4.79 Å². The smallest absolute Gasteiger partial charge is 0.227 e. The van der Waals surface area contributed by atoms with Crippen molar-refractivity contribution in [2.75, 3.05) is 12.4 Å². The van der Waals surface area contributed by atoms with Gasteiger partial charge in [0, 0.05) is 23.7 Å². The van der Waals surface area contributed by atoms with Gasteiger partial charge in [0.05, 0.1) is 7.11 Å². The molecular formula is C12H16N2O2. The van der Waals surface area contributed by atoms with Gasteiger partial charge in [-0.1, -0.05) is 6.07 Å². The van der Waals surface area contributed by atoms with Crippen LogP contribution in [0, 0.1) is 5.92 Å². The van der Waals surface area contributed by atoms with Gasteiger partial charge in [-0.2, -0.15) is 0 Å². The quantitative estimate of drug-likeness (QED) is 0.808. The lowest BCUT2D eigenvalue weighted by atomic mass is 9.80. The molecule has 3 N–H and O–H groups in total. The summed E-state index contributed by atoms with van der Waals surface area (Å²) in [5, 5.41) is 2.86. The van der Waals surface area contributed by atoms with Gasteiger partial charge in [0.15, 0.2) is 0 Å². The van der Waals surface area contributed by atoms with Crippen molar-refractivity contribution in [2.45, 2.75) is 18.9 Å². The van der Waals surface area contributed by atoms with Crippen LogP contribution in [0.4, 0.5) is 5.69 Å². The van der Waals surface area contributed by atoms with Crippen LogP contribution >= 0.6 is 0 Å². The number of nitrogens with two attached hydrogens (primary N) is 1. The van der Waals surface area contributed by atoms with Crippen molar-refractivity contribution in [2.24, 2.45) is 11.7 Å². The van der Waals surface area contributed by atoms with E-state index < -0.39 is 0 Å². The van der Waals surface area contributed by atoms with Gasteiger partial charge in [0.1, 0.15) is 5.75 Å². The molecule has 0 heterocycles. The number of nitrogens with one attached hydrogen (secondary N) is 1. The topological polar surface area (TPSA) is 64.3 Å². The Morgan fingerprint density at radius 2 is 2.25 bits per heavy atom. The fraction of sp³-hybridized carbons (Fsp3) is 0.417. The Bertz CT molecular complexity index is 386. The van der Waals surface area contributed by atoms with E-state index in [1.807, 2.05) is 18.2 Å². The molecule has 0 aliphatic heterocycles. The Labute approximate surface area is 94.8 Å². The maximum atomic E-state index is 11.7. The van der Waals surface area contributed by atoms with E-state index in [0.717, 1.165) is 24.3 Å². The molecule has 1 aliphatic carbocycles. The maximum Gasteiger partial charge on any atom is 0.227 e. The molecule has 0 atom stereocenters. The average Bonchev–Trinajstić information content (AvgIpc) is 2.25. The number of rotatable bonds is 3. The molecule has 4 heteroatoms. The molecule has 0 aromatic heterocycles. The van der Waals surface area contributed by atoms with E-state index >= 15 is 0 Å². The van der Waals surface area contributed by atoms with Gasteiger partial charge in [-0.3, -0.25) is 4.79 Å². The number of hydrogen-bond acceptors (Lipinski definition) is 3. The molecule has 16 heavy (non-hydrogen) atoms. The van der Waals surface area contributed by atoms with Crippen molar-refractivity contribution in [3.63, 3.8) is 0 Å². The minimum atomic E-state index is 0.0509. The molecule has 1 aromatic carbocycles. The number of amides is 1. The fourth-order valence-electron chi connectivity index (χ4n) is 1.82. The third kappa shape index (κ3) is 2.33. The molecule has 4 nitrogen and oxygen atoms in total. The van der Waals surface area contributed by atoms with Crippen LogP contribution in [0.2, 0.25) is 0 Å². The summed E-state index contributed by atoms with van der Waals surface area (Å²) in [6.07, 6.45) is 1.58. The highest BCUT2D eigenvalue weighted by Crippen LogP contribution is 2.27. The second kappa shape index (κ2) is 4.53. The molecule has 1 aromatic rings.